The molecule has 0 unspecified atom stereocenters. The summed E-state index contributed by atoms with van der Waals surface area (Å²) in [5, 5.41) is 3.87. The van der Waals surface area contributed by atoms with Gasteiger partial charge in [0.05, 0.1) is 30.8 Å². The van der Waals surface area contributed by atoms with E-state index in [0.717, 1.165) is 44.8 Å². The molecule has 1 N–H and O–H groups in total. The van der Waals surface area contributed by atoms with Gasteiger partial charge in [-0.1, -0.05) is 12.1 Å². The third kappa shape index (κ3) is 3.53. The van der Waals surface area contributed by atoms with E-state index >= 15 is 0 Å². The van der Waals surface area contributed by atoms with Crippen molar-refractivity contribution >= 4 is 33.6 Å². The van der Waals surface area contributed by atoms with E-state index in [1.165, 1.54) is 0 Å². The molecule has 5 aromatic rings. The molecule has 0 saturated heterocycles. The molecule has 3 aromatic carbocycles. The van der Waals surface area contributed by atoms with Crippen molar-refractivity contribution in [1.29, 1.82) is 0 Å². The smallest absolute Gasteiger partial charge is 0.228 e. The number of carbonyl (C=O) groups is 1. The SMILES string of the molecule is COc1ccc2c(CC(=O)Nc3ccc(-c4nc5ccccc5n4C)cc3)coc2c1. The van der Waals surface area contributed by atoms with Crippen LogP contribution in [0.3, 0.4) is 0 Å². The largest absolute Gasteiger partial charge is 0.497 e. The summed E-state index contributed by atoms with van der Waals surface area (Å²) in [6, 6.07) is 21.4. The molecular formula is C25H21N3O3. The van der Waals surface area contributed by atoms with Crippen molar-refractivity contribution in [3.05, 3.63) is 78.6 Å². The Bertz CT molecular complexity index is 1400. The number of anilines is 1. The number of furan rings is 1. The normalized spacial score (nSPS) is 11.2. The second kappa shape index (κ2) is 7.65. The van der Waals surface area contributed by atoms with E-state index < -0.39 is 0 Å². The number of benzene rings is 3. The lowest BCUT2D eigenvalue weighted by atomic mass is 10.1. The van der Waals surface area contributed by atoms with Crippen LogP contribution in [-0.4, -0.2) is 22.6 Å². The zero-order valence-electron chi connectivity index (χ0n) is 17.3. The van der Waals surface area contributed by atoms with E-state index in [0.29, 0.717) is 5.58 Å². The second-order valence-corrected chi connectivity index (χ2v) is 7.41. The van der Waals surface area contributed by atoms with Crippen molar-refractivity contribution < 1.29 is 13.9 Å². The molecule has 0 fully saturated rings. The van der Waals surface area contributed by atoms with Crippen LogP contribution in [0, 0.1) is 0 Å². The number of rotatable bonds is 5. The Hall–Kier alpha value is -4.06. The number of methoxy groups -OCH3 is 1. The van der Waals surface area contributed by atoms with Gasteiger partial charge in [-0.05, 0) is 48.5 Å². The highest BCUT2D eigenvalue weighted by molar-refractivity contribution is 5.95. The number of amides is 1. The van der Waals surface area contributed by atoms with Crippen LogP contribution in [-0.2, 0) is 18.3 Å². The number of ether oxygens (including phenoxy) is 1. The van der Waals surface area contributed by atoms with Crippen LogP contribution in [0.15, 0.2) is 77.4 Å². The van der Waals surface area contributed by atoms with Gasteiger partial charge in [-0.3, -0.25) is 4.79 Å². The van der Waals surface area contributed by atoms with E-state index in [2.05, 4.69) is 16.0 Å². The van der Waals surface area contributed by atoms with Crippen LogP contribution in [0.1, 0.15) is 5.56 Å². The summed E-state index contributed by atoms with van der Waals surface area (Å²) in [5.74, 6) is 1.51. The molecule has 2 aromatic heterocycles. The first-order valence-corrected chi connectivity index (χ1v) is 9.98. The lowest BCUT2D eigenvalue weighted by Crippen LogP contribution is -2.14. The van der Waals surface area contributed by atoms with Gasteiger partial charge < -0.3 is 19.0 Å². The first-order chi connectivity index (χ1) is 15.1. The average molecular weight is 411 g/mol. The number of para-hydroxylation sites is 2. The maximum absolute atomic E-state index is 12.6. The number of imidazole rings is 1. The van der Waals surface area contributed by atoms with Gasteiger partial charge in [0.15, 0.2) is 0 Å². The summed E-state index contributed by atoms with van der Waals surface area (Å²) in [4.78, 5) is 17.3. The molecule has 0 aliphatic rings. The molecule has 6 heteroatoms. The van der Waals surface area contributed by atoms with Gasteiger partial charge in [0, 0.05) is 35.3 Å². The molecule has 5 rings (SSSR count). The quantitative estimate of drug-likeness (QED) is 0.433. The Morgan fingerprint density at radius 2 is 1.90 bits per heavy atom. The number of aromatic nitrogens is 2. The fourth-order valence-corrected chi connectivity index (χ4v) is 3.81. The number of fused-ring (bicyclic) bond motifs is 2. The number of nitrogens with zero attached hydrogens (tertiary/aromatic N) is 2. The first kappa shape index (κ1) is 18.9. The molecule has 31 heavy (non-hydrogen) atoms. The van der Waals surface area contributed by atoms with Crippen molar-refractivity contribution in [3.8, 4) is 17.1 Å². The predicted molar refractivity (Wildman–Crippen MR) is 121 cm³/mol. The van der Waals surface area contributed by atoms with Gasteiger partial charge in [-0.15, -0.1) is 0 Å². The average Bonchev–Trinajstić information content (AvgIpc) is 3.35. The third-order valence-electron chi connectivity index (χ3n) is 5.43. The minimum Gasteiger partial charge on any atom is -0.497 e. The highest BCUT2D eigenvalue weighted by Crippen LogP contribution is 2.27. The van der Waals surface area contributed by atoms with Crippen molar-refractivity contribution in [2.24, 2.45) is 7.05 Å². The molecule has 0 saturated carbocycles. The Kier molecular flexibility index (Phi) is 4.67. The van der Waals surface area contributed by atoms with E-state index in [1.807, 2.05) is 67.7 Å². The second-order valence-electron chi connectivity index (χ2n) is 7.41. The van der Waals surface area contributed by atoms with Crippen LogP contribution in [0.5, 0.6) is 5.75 Å². The molecule has 6 nitrogen and oxygen atoms in total. The zero-order chi connectivity index (χ0) is 21.4. The van der Waals surface area contributed by atoms with Crippen LogP contribution < -0.4 is 10.1 Å². The number of carbonyl (C=O) groups excluding carboxylic acids is 1. The van der Waals surface area contributed by atoms with Gasteiger partial charge in [0.25, 0.3) is 0 Å². The van der Waals surface area contributed by atoms with E-state index in [4.69, 9.17) is 14.1 Å². The summed E-state index contributed by atoms with van der Waals surface area (Å²) in [6.07, 6.45) is 1.85. The van der Waals surface area contributed by atoms with E-state index in [1.54, 1.807) is 13.4 Å². The molecule has 0 aliphatic carbocycles. The molecular weight excluding hydrogens is 390 g/mol. The summed E-state index contributed by atoms with van der Waals surface area (Å²) in [6.45, 7) is 0. The van der Waals surface area contributed by atoms with Crippen LogP contribution >= 0.6 is 0 Å². The lowest BCUT2D eigenvalue weighted by molar-refractivity contribution is -0.115. The summed E-state index contributed by atoms with van der Waals surface area (Å²) in [7, 11) is 3.62. The molecule has 154 valence electrons. The van der Waals surface area contributed by atoms with Crippen LogP contribution in [0.25, 0.3) is 33.4 Å². The Labute approximate surface area is 179 Å². The Balaban J connectivity index is 1.31. The number of aryl methyl sites for hydroxylation is 1. The molecule has 0 atom stereocenters. The monoisotopic (exact) mass is 411 g/mol. The molecule has 0 radical (unpaired) electrons. The first-order valence-electron chi connectivity index (χ1n) is 9.98. The fraction of sp³-hybridized carbons (Fsp3) is 0.120. The van der Waals surface area contributed by atoms with Crippen LogP contribution in [0.2, 0.25) is 0 Å². The highest BCUT2D eigenvalue weighted by atomic mass is 16.5. The van der Waals surface area contributed by atoms with Crippen molar-refractivity contribution in [2.75, 3.05) is 12.4 Å². The number of nitrogens with one attached hydrogen (secondary N) is 1. The van der Waals surface area contributed by atoms with Crippen LogP contribution in [0.4, 0.5) is 5.69 Å². The standard InChI is InChI=1S/C25H21N3O3/c1-28-22-6-4-3-5-21(22)27-25(28)16-7-9-18(10-8-16)26-24(29)13-17-15-31-23-14-19(30-2)11-12-20(17)23/h3-12,14-15H,13H2,1-2H3,(H,26,29). The molecule has 1 amide bonds. The maximum Gasteiger partial charge on any atom is 0.228 e. The highest BCUT2D eigenvalue weighted by Gasteiger charge is 2.13. The zero-order valence-corrected chi connectivity index (χ0v) is 17.3. The summed E-state index contributed by atoms with van der Waals surface area (Å²) < 4.78 is 12.9. The fourth-order valence-electron chi connectivity index (χ4n) is 3.81. The molecule has 2 heterocycles. The van der Waals surface area contributed by atoms with Crippen molar-refractivity contribution in [1.82, 2.24) is 9.55 Å². The molecule has 0 bridgehead atoms. The van der Waals surface area contributed by atoms with Gasteiger partial charge in [0.2, 0.25) is 5.91 Å². The third-order valence-corrected chi connectivity index (χ3v) is 5.43. The topological polar surface area (TPSA) is 69.3 Å². The van der Waals surface area contributed by atoms with Gasteiger partial charge in [-0.25, -0.2) is 4.98 Å². The molecule has 0 aliphatic heterocycles. The molecule has 0 spiro atoms. The van der Waals surface area contributed by atoms with E-state index in [9.17, 15) is 4.79 Å². The van der Waals surface area contributed by atoms with Crippen molar-refractivity contribution in [2.45, 2.75) is 6.42 Å². The number of hydrogen-bond acceptors (Lipinski definition) is 4. The van der Waals surface area contributed by atoms with Gasteiger partial charge >= 0.3 is 0 Å². The summed E-state index contributed by atoms with van der Waals surface area (Å²) >= 11 is 0. The Morgan fingerprint density at radius 1 is 1.10 bits per heavy atom. The maximum atomic E-state index is 12.6. The van der Waals surface area contributed by atoms with Gasteiger partial charge in [-0.2, -0.15) is 0 Å². The number of hydrogen-bond donors (Lipinski definition) is 1. The summed E-state index contributed by atoms with van der Waals surface area (Å²) in [5.41, 5.74) is 5.32. The minimum atomic E-state index is -0.103. The van der Waals surface area contributed by atoms with E-state index in [-0.39, 0.29) is 12.3 Å². The minimum absolute atomic E-state index is 0.103. The van der Waals surface area contributed by atoms with Crippen molar-refractivity contribution in [3.63, 3.8) is 0 Å². The lowest BCUT2D eigenvalue weighted by Gasteiger charge is -2.07. The predicted octanol–water partition coefficient (Wildman–Crippen LogP) is 5.18. The van der Waals surface area contributed by atoms with Gasteiger partial charge in [0.1, 0.15) is 17.2 Å². The Morgan fingerprint density at radius 3 is 2.68 bits per heavy atom.